The average Bonchev–Trinajstić information content (AvgIpc) is 3.25. The second-order valence-corrected chi connectivity index (χ2v) is 8.74. The Morgan fingerprint density at radius 2 is 2.17 bits per heavy atom. The van der Waals surface area contributed by atoms with Crippen molar-refractivity contribution in [3.63, 3.8) is 0 Å². The number of nitrogens with two attached hydrogens (primary N) is 1. The Kier molecular flexibility index (Phi) is 5.76. The lowest BCUT2D eigenvalue weighted by Gasteiger charge is -2.08. The van der Waals surface area contributed by atoms with Gasteiger partial charge in [-0.05, 0) is 25.1 Å². The van der Waals surface area contributed by atoms with E-state index in [-0.39, 0.29) is 17.5 Å². The molecule has 29 heavy (non-hydrogen) atoms. The maximum atomic E-state index is 11.8. The van der Waals surface area contributed by atoms with Crippen LogP contribution in [-0.4, -0.2) is 51.4 Å². The predicted molar refractivity (Wildman–Crippen MR) is 101 cm³/mol. The van der Waals surface area contributed by atoms with Crippen LogP contribution < -0.4 is 15.2 Å². The number of ether oxygens (including phenoxy) is 1. The zero-order valence-corrected chi connectivity index (χ0v) is 16.6. The SMILES string of the molecule is CC(NC(=O)Cn1cc(COc2ccc3nc(S(N)(=O)=O)sc3c2)nn1)C(=O)O. The average molecular weight is 440 g/mol. The molecule has 3 rings (SSSR count). The third-order valence-electron chi connectivity index (χ3n) is 3.61. The number of nitrogens with one attached hydrogen (secondary N) is 1. The molecule has 0 aliphatic rings. The molecule has 1 aromatic carbocycles. The first kappa shape index (κ1) is 20.6. The summed E-state index contributed by atoms with van der Waals surface area (Å²) in [4.78, 5) is 26.5. The fraction of sp³-hybridized carbons (Fsp3) is 0.267. The minimum Gasteiger partial charge on any atom is -0.487 e. The van der Waals surface area contributed by atoms with Crippen molar-refractivity contribution in [3.05, 3.63) is 30.1 Å². The van der Waals surface area contributed by atoms with Crippen molar-refractivity contribution < 1.29 is 27.9 Å². The van der Waals surface area contributed by atoms with Gasteiger partial charge in [-0.15, -0.1) is 16.4 Å². The standard InChI is InChI=1S/C15H16N6O6S2/c1-8(14(23)24)17-13(22)6-21-5-9(19-20-21)7-27-10-2-3-11-12(4-10)28-15(18-11)29(16,25)26/h2-5,8H,6-7H2,1H3,(H,17,22)(H,23,24)(H2,16,25,26). The van der Waals surface area contributed by atoms with Crippen LogP contribution in [0.25, 0.3) is 10.2 Å². The number of primary sulfonamides is 1. The number of carboxylic acid groups (broad SMARTS) is 1. The Balaban J connectivity index is 1.60. The molecule has 0 saturated carbocycles. The molecule has 0 fully saturated rings. The zero-order valence-electron chi connectivity index (χ0n) is 15.0. The maximum absolute atomic E-state index is 11.8. The summed E-state index contributed by atoms with van der Waals surface area (Å²) in [5, 5.41) is 23.9. The van der Waals surface area contributed by atoms with Gasteiger partial charge < -0.3 is 15.2 Å². The molecule has 2 heterocycles. The maximum Gasteiger partial charge on any atom is 0.325 e. The Morgan fingerprint density at radius 3 is 2.86 bits per heavy atom. The van der Waals surface area contributed by atoms with Crippen LogP contribution >= 0.6 is 11.3 Å². The molecular formula is C15H16N6O6S2. The van der Waals surface area contributed by atoms with Gasteiger partial charge in [0.05, 0.1) is 16.4 Å². The quantitative estimate of drug-likeness (QED) is 0.424. The number of amides is 1. The lowest BCUT2D eigenvalue weighted by molar-refractivity contribution is -0.141. The number of fused-ring (bicyclic) bond motifs is 1. The number of carbonyl (C=O) groups excluding carboxylic acids is 1. The second kappa shape index (κ2) is 8.10. The lowest BCUT2D eigenvalue weighted by atomic mass is 10.3. The van der Waals surface area contributed by atoms with Crippen LogP contribution in [0.1, 0.15) is 12.6 Å². The first-order valence-corrected chi connectivity index (χ1v) is 10.5. The molecule has 14 heteroatoms. The number of hydrogen-bond acceptors (Lipinski definition) is 9. The molecule has 0 aliphatic carbocycles. The molecule has 154 valence electrons. The van der Waals surface area contributed by atoms with Crippen molar-refractivity contribution in [2.75, 3.05) is 0 Å². The van der Waals surface area contributed by atoms with Gasteiger partial charge >= 0.3 is 5.97 Å². The molecule has 0 bridgehead atoms. The van der Waals surface area contributed by atoms with Gasteiger partial charge in [0.15, 0.2) is 0 Å². The highest BCUT2D eigenvalue weighted by Gasteiger charge is 2.16. The topological polar surface area (TPSA) is 179 Å². The minimum absolute atomic E-state index is 0.0551. The molecule has 12 nitrogen and oxygen atoms in total. The van der Waals surface area contributed by atoms with E-state index in [2.05, 4.69) is 20.6 Å². The number of carboxylic acids is 1. The van der Waals surface area contributed by atoms with Crippen molar-refractivity contribution in [2.45, 2.75) is 30.5 Å². The molecule has 1 unspecified atom stereocenters. The van der Waals surface area contributed by atoms with Gasteiger partial charge in [-0.1, -0.05) is 5.21 Å². The molecule has 1 amide bonds. The van der Waals surface area contributed by atoms with Crippen LogP contribution in [-0.2, 0) is 32.8 Å². The Morgan fingerprint density at radius 1 is 1.41 bits per heavy atom. The molecule has 0 aliphatic heterocycles. The van der Waals surface area contributed by atoms with Gasteiger partial charge in [0.2, 0.25) is 10.2 Å². The van der Waals surface area contributed by atoms with E-state index in [1.807, 2.05) is 0 Å². The fourth-order valence-corrected chi connectivity index (χ4v) is 3.92. The number of nitrogens with zero attached hydrogens (tertiary/aromatic N) is 4. The van der Waals surface area contributed by atoms with Crippen LogP contribution in [0.2, 0.25) is 0 Å². The Labute approximate surface area is 168 Å². The normalized spacial score (nSPS) is 12.6. The second-order valence-electron chi connectivity index (χ2n) is 5.98. The van der Waals surface area contributed by atoms with Crippen LogP contribution in [0, 0.1) is 0 Å². The summed E-state index contributed by atoms with van der Waals surface area (Å²) in [7, 11) is -3.87. The summed E-state index contributed by atoms with van der Waals surface area (Å²) in [6.45, 7) is 1.22. The summed E-state index contributed by atoms with van der Waals surface area (Å²) < 4.78 is 30.1. The van der Waals surface area contributed by atoms with E-state index in [0.29, 0.717) is 21.7 Å². The largest absolute Gasteiger partial charge is 0.487 e. The highest BCUT2D eigenvalue weighted by Crippen LogP contribution is 2.28. The van der Waals surface area contributed by atoms with E-state index >= 15 is 0 Å². The monoisotopic (exact) mass is 440 g/mol. The van der Waals surface area contributed by atoms with Crippen LogP contribution in [0.15, 0.2) is 28.7 Å². The van der Waals surface area contributed by atoms with Gasteiger partial charge in [-0.25, -0.2) is 23.2 Å². The summed E-state index contributed by atoms with van der Waals surface area (Å²) in [5.41, 5.74) is 0.928. The van der Waals surface area contributed by atoms with E-state index in [4.69, 9.17) is 15.0 Å². The van der Waals surface area contributed by atoms with Gasteiger partial charge in [0, 0.05) is 0 Å². The van der Waals surface area contributed by atoms with Crippen molar-refractivity contribution in [3.8, 4) is 5.75 Å². The molecule has 2 aromatic heterocycles. The van der Waals surface area contributed by atoms with E-state index in [1.165, 1.54) is 17.8 Å². The predicted octanol–water partition coefficient (Wildman–Crippen LogP) is -0.297. The molecule has 0 saturated heterocycles. The van der Waals surface area contributed by atoms with Gasteiger partial charge in [-0.3, -0.25) is 9.59 Å². The molecule has 3 aromatic rings. The molecule has 0 spiro atoms. The molecule has 1 atom stereocenters. The minimum atomic E-state index is -3.87. The number of thiazole rings is 1. The third kappa shape index (κ3) is 5.24. The first-order chi connectivity index (χ1) is 13.6. The van der Waals surface area contributed by atoms with E-state index < -0.39 is 27.9 Å². The number of hydrogen-bond donors (Lipinski definition) is 3. The van der Waals surface area contributed by atoms with Crippen LogP contribution in [0.3, 0.4) is 0 Å². The number of benzene rings is 1. The zero-order chi connectivity index (χ0) is 21.2. The van der Waals surface area contributed by atoms with Gasteiger partial charge in [-0.2, -0.15) is 0 Å². The van der Waals surface area contributed by atoms with Gasteiger partial charge in [0.1, 0.15) is 30.6 Å². The van der Waals surface area contributed by atoms with Crippen molar-refractivity contribution in [2.24, 2.45) is 5.14 Å². The van der Waals surface area contributed by atoms with Crippen LogP contribution in [0.4, 0.5) is 0 Å². The third-order valence-corrected chi connectivity index (χ3v) is 5.95. The summed E-state index contributed by atoms with van der Waals surface area (Å²) >= 11 is 0.935. The van der Waals surface area contributed by atoms with Gasteiger partial charge in [0.25, 0.3) is 10.0 Å². The number of sulfonamides is 1. The highest BCUT2D eigenvalue weighted by molar-refractivity contribution is 7.91. The molecular weight excluding hydrogens is 424 g/mol. The number of aliphatic carboxylic acids is 1. The Hall–Kier alpha value is -3.10. The lowest BCUT2D eigenvalue weighted by Crippen LogP contribution is -2.40. The van der Waals surface area contributed by atoms with Crippen LogP contribution in [0.5, 0.6) is 5.75 Å². The number of rotatable bonds is 8. The smallest absolute Gasteiger partial charge is 0.325 e. The number of carbonyl (C=O) groups is 2. The molecule has 4 N–H and O–H groups in total. The van der Waals surface area contributed by atoms with Crippen molar-refractivity contribution >= 4 is 43.5 Å². The first-order valence-electron chi connectivity index (χ1n) is 8.09. The van der Waals surface area contributed by atoms with E-state index in [1.54, 1.807) is 18.2 Å². The summed E-state index contributed by atoms with van der Waals surface area (Å²) in [6.07, 6.45) is 1.50. The fourth-order valence-electron chi connectivity index (χ4n) is 2.23. The molecule has 0 radical (unpaired) electrons. The highest BCUT2D eigenvalue weighted by atomic mass is 32.2. The van der Waals surface area contributed by atoms with Crippen molar-refractivity contribution in [1.82, 2.24) is 25.3 Å². The van der Waals surface area contributed by atoms with Crippen molar-refractivity contribution in [1.29, 1.82) is 0 Å². The Bertz CT molecular complexity index is 1170. The summed E-state index contributed by atoms with van der Waals surface area (Å²) in [5.74, 6) is -1.19. The summed E-state index contributed by atoms with van der Waals surface area (Å²) in [6, 6.07) is 3.86. The number of aromatic nitrogens is 4. The van der Waals surface area contributed by atoms with E-state index in [0.717, 1.165) is 11.3 Å². The van der Waals surface area contributed by atoms with E-state index in [9.17, 15) is 18.0 Å².